The number of benzene rings is 1. The van der Waals surface area contributed by atoms with E-state index in [0.717, 1.165) is 23.8 Å². The molecule has 0 bridgehead atoms. The van der Waals surface area contributed by atoms with E-state index in [1.54, 1.807) is 12.0 Å². The fraction of sp³-hybridized carbons (Fsp3) is 0.533. The van der Waals surface area contributed by atoms with Crippen molar-refractivity contribution in [1.82, 2.24) is 10.2 Å². The Labute approximate surface area is 114 Å². The van der Waals surface area contributed by atoms with E-state index in [4.69, 9.17) is 4.74 Å². The molecule has 104 valence electrons. The predicted molar refractivity (Wildman–Crippen MR) is 75.1 cm³/mol. The summed E-state index contributed by atoms with van der Waals surface area (Å²) in [4.78, 5) is 13.7. The molecular weight excluding hydrogens is 240 g/mol. The van der Waals surface area contributed by atoms with Crippen molar-refractivity contribution >= 4 is 5.91 Å². The molecule has 1 aliphatic rings. The summed E-state index contributed by atoms with van der Waals surface area (Å²) < 4.78 is 5.18. The topological polar surface area (TPSA) is 41.6 Å². The van der Waals surface area contributed by atoms with Crippen molar-refractivity contribution in [1.29, 1.82) is 0 Å². The summed E-state index contributed by atoms with van der Waals surface area (Å²) in [7, 11) is 3.48. The van der Waals surface area contributed by atoms with Crippen LogP contribution in [0.25, 0.3) is 0 Å². The number of amides is 1. The maximum atomic E-state index is 11.9. The van der Waals surface area contributed by atoms with Gasteiger partial charge in [-0.2, -0.15) is 0 Å². The van der Waals surface area contributed by atoms with Gasteiger partial charge in [-0.25, -0.2) is 0 Å². The van der Waals surface area contributed by atoms with Crippen molar-refractivity contribution in [2.24, 2.45) is 5.92 Å². The van der Waals surface area contributed by atoms with Crippen LogP contribution in [0.3, 0.4) is 0 Å². The number of carbonyl (C=O) groups is 1. The van der Waals surface area contributed by atoms with Gasteiger partial charge in [-0.1, -0.05) is 12.1 Å². The lowest BCUT2D eigenvalue weighted by atomic mass is 10.2. The van der Waals surface area contributed by atoms with Gasteiger partial charge in [0, 0.05) is 13.6 Å². The number of methoxy groups -OCH3 is 1. The third-order valence-electron chi connectivity index (χ3n) is 3.39. The van der Waals surface area contributed by atoms with Gasteiger partial charge in [0.05, 0.1) is 13.7 Å². The summed E-state index contributed by atoms with van der Waals surface area (Å²) in [6, 6.07) is 7.81. The third kappa shape index (κ3) is 4.56. The van der Waals surface area contributed by atoms with Crippen LogP contribution in [-0.4, -0.2) is 38.1 Å². The predicted octanol–water partition coefficient (Wildman–Crippen LogP) is 1.65. The van der Waals surface area contributed by atoms with Crippen LogP contribution in [-0.2, 0) is 11.3 Å². The Bertz CT molecular complexity index is 430. The molecule has 0 unspecified atom stereocenters. The molecule has 0 spiro atoms. The van der Waals surface area contributed by atoms with Gasteiger partial charge in [-0.3, -0.25) is 4.79 Å². The van der Waals surface area contributed by atoms with E-state index < -0.39 is 0 Å². The normalized spacial score (nSPS) is 14.2. The number of hydrogen-bond donors (Lipinski definition) is 1. The average Bonchev–Trinajstić information content (AvgIpc) is 3.23. The summed E-state index contributed by atoms with van der Waals surface area (Å²) in [6.45, 7) is 2.01. The molecule has 0 aliphatic heterocycles. The molecule has 2 rings (SSSR count). The van der Waals surface area contributed by atoms with Crippen LogP contribution in [0.5, 0.6) is 5.75 Å². The highest BCUT2D eigenvalue weighted by atomic mass is 16.5. The zero-order valence-corrected chi connectivity index (χ0v) is 11.7. The maximum absolute atomic E-state index is 11.9. The maximum Gasteiger partial charge on any atom is 0.236 e. The fourth-order valence-corrected chi connectivity index (χ4v) is 1.97. The molecule has 0 saturated heterocycles. The van der Waals surface area contributed by atoms with E-state index in [9.17, 15) is 4.79 Å². The van der Waals surface area contributed by atoms with Crippen LogP contribution in [0, 0.1) is 5.92 Å². The minimum atomic E-state index is 0.128. The zero-order valence-electron chi connectivity index (χ0n) is 11.7. The van der Waals surface area contributed by atoms with E-state index >= 15 is 0 Å². The Morgan fingerprint density at radius 1 is 1.47 bits per heavy atom. The van der Waals surface area contributed by atoms with Crippen molar-refractivity contribution < 1.29 is 9.53 Å². The summed E-state index contributed by atoms with van der Waals surface area (Å²) in [6.07, 6.45) is 2.61. The second-order valence-electron chi connectivity index (χ2n) is 5.18. The number of rotatable bonds is 7. The van der Waals surface area contributed by atoms with Crippen molar-refractivity contribution in [3.63, 3.8) is 0 Å². The lowest BCUT2D eigenvalue weighted by molar-refractivity contribution is -0.129. The molecule has 19 heavy (non-hydrogen) atoms. The fourth-order valence-electron chi connectivity index (χ4n) is 1.97. The third-order valence-corrected chi connectivity index (χ3v) is 3.39. The van der Waals surface area contributed by atoms with E-state index in [-0.39, 0.29) is 5.91 Å². The van der Waals surface area contributed by atoms with E-state index in [1.165, 1.54) is 12.8 Å². The first-order chi connectivity index (χ1) is 9.19. The van der Waals surface area contributed by atoms with Gasteiger partial charge in [-0.15, -0.1) is 0 Å². The Hall–Kier alpha value is -1.55. The second kappa shape index (κ2) is 6.57. The highest BCUT2D eigenvalue weighted by Crippen LogP contribution is 2.27. The van der Waals surface area contributed by atoms with Crippen molar-refractivity contribution in [3.8, 4) is 5.75 Å². The number of likely N-dealkylation sites (N-methyl/N-ethyl adjacent to an activating group) is 1. The first kappa shape index (κ1) is 13.9. The molecule has 1 N–H and O–H groups in total. The zero-order chi connectivity index (χ0) is 13.7. The molecule has 4 nitrogen and oxygen atoms in total. The number of carbonyl (C=O) groups excluding carboxylic acids is 1. The van der Waals surface area contributed by atoms with Crippen LogP contribution in [0.1, 0.15) is 18.4 Å². The van der Waals surface area contributed by atoms with Gasteiger partial charge in [0.25, 0.3) is 0 Å². The van der Waals surface area contributed by atoms with Gasteiger partial charge in [0.1, 0.15) is 5.75 Å². The van der Waals surface area contributed by atoms with Gasteiger partial charge in [0.2, 0.25) is 5.91 Å². The largest absolute Gasteiger partial charge is 0.497 e. The SMILES string of the molecule is COc1cccc(CN(C)C(=O)CNCC2CC2)c1. The van der Waals surface area contributed by atoms with E-state index in [0.29, 0.717) is 13.1 Å². The Morgan fingerprint density at radius 3 is 2.95 bits per heavy atom. The Morgan fingerprint density at radius 2 is 2.26 bits per heavy atom. The van der Waals surface area contributed by atoms with Crippen LogP contribution < -0.4 is 10.1 Å². The lowest BCUT2D eigenvalue weighted by Gasteiger charge is -2.18. The Kier molecular flexibility index (Phi) is 4.80. The van der Waals surface area contributed by atoms with Crippen LogP contribution in [0.15, 0.2) is 24.3 Å². The molecule has 0 atom stereocenters. The molecule has 1 aromatic rings. The van der Waals surface area contributed by atoms with Crippen molar-refractivity contribution in [2.45, 2.75) is 19.4 Å². The smallest absolute Gasteiger partial charge is 0.236 e. The average molecular weight is 262 g/mol. The number of hydrogen-bond acceptors (Lipinski definition) is 3. The van der Waals surface area contributed by atoms with Gasteiger partial charge in [0.15, 0.2) is 0 Å². The Balaban J connectivity index is 1.77. The highest BCUT2D eigenvalue weighted by Gasteiger charge is 2.21. The quantitative estimate of drug-likeness (QED) is 0.812. The number of nitrogens with one attached hydrogen (secondary N) is 1. The first-order valence-corrected chi connectivity index (χ1v) is 6.76. The molecule has 1 fully saturated rings. The van der Waals surface area contributed by atoms with Gasteiger partial charge < -0.3 is 15.0 Å². The first-order valence-electron chi connectivity index (χ1n) is 6.76. The number of ether oxygens (including phenoxy) is 1. The van der Waals surface area contributed by atoms with Crippen LogP contribution >= 0.6 is 0 Å². The molecule has 0 heterocycles. The minimum absolute atomic E-state index is 0.128. The summed E-state index contributed by atoms with van der Waals surface area (Å²) in [5, 5.41) is 3.22. The lowest BCUT2D eigenvalue weighted by Crippen LogP contribution is -2.35. The monoisotopic (exact) mass is 262 g/mol. The molecule has 1 saturated carbocycles. The highest BCUT2D eigenvalue weighted by molar-refractivity contribution is 5.77. The molecule has 0 radical (unpaired) electrons. The summed E-state index contributed by atoms with van der Waals surface area (Å²) >= 11 is 0. The molecule has 4 heteroatoms. The molecular formula is C15H22N2O2. The van der Waals surface area contributed by atoms with Crippen LogP contribution in [0.4, 0.5) is 0 Å². The molecule has 1 amide bonds. The van der Waals surface area contributed by atoms with Crippen molar-refractivity contribution in [2.75, 3.05) is 27.2 Å². The standard InChI is InChI=1S/C15H22N2O2/c1-17(15(18)10-16-9-12-6-7-12)11-13-4-3-5-14(8-13)19-2/h3-5,8,12,16H,6-7,9-11H2,1-2H3. The van der Waals surface area contributed by atoms with E-state index in [2.05, 4.69) is 5.32 Å². The van der Waals surface area contributed by atoms with E-state index in [1.807, 2.05) is 31.3 Å². The van der Waals surface area contributed by atoms with Crippen LogP contribution in [0.2, 0.25) is 0 Å². The minimum Gasteiger partial charge on any atom is -0.497 e. The molecule has 0 aromatic heterocycles. The number of nitrogens with zero attached hydrogens (tertiary/aromatic N) is 1. The summed E-state index contributed by atoms with van der Waals surface area (Å²) in [5.74, 6) is 1.75. The molecule has 1 aliphatic carbocycles. The molecule has 1 aromatic carbocycles. The van der Waals surface area contributed by atoms with Gasteiger partial charge in [-0.05, 0) is 43.0 Å². The van der Waals surface area contributed by atoms with Gasteiger partial charge >= 0.3 is 0 Å². The second-order valence-corrected chi connectivity index (χ2v) is 5.18. The summed E-state index contributed by atoms with van der Waals surface area (Å²) in [5.41, 5.74) is 1.08. The van der Waals surface area contributed by atoms with Crippen molar-refractivity contribution in [3.05, 3.63) is 29.8 Å².